The molecule has 0 aliphatic carbocycles. The first kappa shape index (κ1) is 10.4. The molecule has 2 rings (SSSR count). The summed E-state index contributed by atoms with van der Waals surface area (Å²) in [5.41, 5.74) is 5.59. The van der Waals surface area contributed by atoms with Gasteiger partial charge < -0.3 is 5.73 Å². The minimum Gasteiger partial charge on any atom is -0.368 e. The van der Waals surface area contributed by atoms with Gasteiger partial charge in [-0.25, -0.2) is 4.98 Å². The van der Waals surface area contributed by atoms with Crippen LogP contribution in [0.1, 0.15) is 10.7 Å². The maximum atomic E-state index is 5.59. The number of aromatic nitrogens is 3. The molecule has 0 fully saturated rings. The third kappa shape index (κ3) is 2.66. The molecule has 0 aliphatic rings. The molecule has 0 unspecified atom stereocenters. The lowest BCUT2D eigenvalue weighted by Crippen LogP contribution is -2.04. The number of hydrogen-bond donors (Lipinski definition) is 1. The summed E-state index contributed by atoms with van der Waals surface area (Å²) in [4.78, 5) is 13.6. The van der Waals surface area contributed by atoms with Crippen molar-refractivity contribution < 1.29 is 0 Å². The van der Waals surface area contributed by atoms with E-state index in [1.165, 1.54) is 16.6 Å². The summed E-state index contributed by atoms with van der Waals surface area (Å²) in [6.45, 7) is 0. The van der Waals surface area contributed by atoms with Gasteiger partial charge >= 0.3 is 0 Å². The lowest BCUT2D eigenvalue weighted by molar-refractivity contribution is 0.844. The predicted molar refractivity (Wildman–Crippen MR) is 63.1 cm³/mol. The summed E-state index contributed by atoms with van der Waals surface area (Å²) < 4.78 is 0. The summed E-state index contributed by atoms with van der Waals surface area (Å²) in [6, 6.07) is 4.07. The van der Waals surface area contributed by atoms with Gasteiger partial charge in [-0.1, -0.05) is 17.8 Å². The van der Waals surface area contributed by atoms with Crippen LogP contribution in [0.25, 0.3) is 0 Å². The van der Waals surface area contributed by atoms with Crippen LogP contribution >= 0.6 is 23.1 Å². The van der Waals surface area contributed by atoms with E-state index in [4.69, 9.17) is 5.73 Å². The second-order valence-electron chi connectivity index (χ2n) is 2.85. The molecule has 2 aromatic rings. The minimum absolute atomic E-state index is 0.293. The molecule has 0 bridgehead atoms. The van der Waals surface area contributed by atoms with Crippen molar-refractivity contribution in [3.05, 3.63) is 28.2 Å². The Labute approximate surface area is 96.0 Å². The normalized spacial score (nSPS) is 10.5. The average Bonchev–Trinajstić information content (AvgIpc) is 2.69. The first-order chi connectivity index (χ1) is 7.28. The first-order valence-electron chi connectivity index (χ1n) is 4.34. The van der Waals surface area contributed by atoms with Gasteiger partial charge in [0.25, 0.3) is 0 Å². The van der Waals surface area contributed by atoms with Crippen LogP contribution in [-0.4, -0.2) is 21.2 Å². The van der Waals surface area contributed by atoms with Crippen LogP contribution in [0.5, 0.6) is 0 Å². The molecule has 2 aromatic heterocycles. The van der Waals surface area contributed by atoms with Crippen LogP contribution in [-0.2, 0) is 6.42 Å². The molecule has 78 valence electrons. The summed E-state index contributed by atoms with van der Waals surface area (Å²) in [6.07, 6.45) is 2.64. The Bertz CT molecular complexity index is 441. The molecular weight excluding hydrogens is 228 g/mol. The van der Waals surface area contributed by atoms with Gasteiger partial charge in [-0.3, -0.25) is 0 Å². The van der Waals surface area contributed by atoms with E-state index in [1.807, 2.05) is 17.7 Å². The van der Waals surface area contributed by atoms with E-state index in [1.54, 1.807) is 11.3 Å². The van der Waals surface area contributed by atoms with Gasteiger partial charge in [0.05, 0.1) is 0 Å². The van der Waals surface area contributed by atoms with Crippen molar-refractivity contribution in [1.82, 2.24) is 15.0 Å². The fourth-order valence-corrected chi connectivity index (χ4v) is 2.24. The number of hydrogen-bond acceptors (Lipinski definition) is 6. The molecule has 2 heterocycles. The van der Waals surface area contributed by atoms with Gasteiger partial charge in [0.2, 0.25) is 5.95 Å². The Morgan fingerprint density at radius 1 is 1.40 bits per heavy atom. The first-order valence-corrected chi connectivity index (χ1v) is 6.45. The maximum Gasteiger partial charge on any atom is 0.224 e. The standard InChI is InChI=1S/C9H10N4S2/c1-14-9-12-7(11-8(10)13-9)5-6-3-2-4-15-6/h2-4H,5H2,1H3,(H2,10,11,12,13). The Morgan fingerprint density at radius 2 is 2.27 bits per heavy atom. The van der Waals surface area contributed by atoms with Crippen molar-refractivity contribution in [2.24, 2.45) is 0 Å². The van der Waals surface area contributed by atoms with Gasteiger partial charge in [0.15, 0.2) is 5.16 Å². The molecule has 4 nitrogen and oxygen atoms in total. The number of nitrogens with two attached hydrogens (primary N) is 1. The fraction of sp³-hybridized carbons (Fsp3) is 0.222. The van der Waals surface area contributed by atoms with E-state index in [2.05, 4.69) is 21.0 Å². The molecule has 2 N–H and O–H groups in total. The molecule has 0 saturated heterocycles. The monoisotopic (exact) mass is 238 g/mol. The number of rotatable bonds is 3. The van der Waals surface area contributed by atoms with E-state index in [0.29, 0.717) is 11.1 Å². The van der Waals surface area contributed by atoms with Crippen molar-refractivity contribution in [1.29, 1.82) is 0 Å². The van der Waals surface area contributed by atoms with Crippen LogP contribution in [0.15, 0.2) is 22.7 Å². The number of nitrogen functional groups attached to an aromatic ring is 1. The maximum absolute atomic E-state index is 5.59. The molecular formula is C9H10N4S2. The fourth-order valence-electron chi connectivity index (χ4n) is 1.15. The third-order valence-corrected chi connectivity index (χ3v) is 3.20. The summed E-state index contributed by atoms with van der Waals surface area (Å²) >= 11 is 3.16. The smallest absolute Gasteiger partial charge is 0.224 e. The van der Waals surface area contributed by atoms with Crippen LogP contribution in [0, 0.1) is 0 Å². The van der Waals surface area contributed by atoms with Crippen LogP contribution in [0.2, 0.25) is 0 Å². The van der Waals surface area contributed by atoms with Crippen LogP contribution in [0.4, 0.5) is 5.95 Å². The molecule has 15 heavy (non-hydrogen) atoms. The average molecular weight is 238 g/mol. The van der Waals surface area contributed by atoms with Crippen molar-refractivity contribution in [2.75, 3.05) is 12.0 Å². The van der Waals surface area contributed by atoms with Crippen molar-refractivity contribution in [3.63, 3.8) is 0 Å². The number of thioether (sulfide) groups is 1. The molecule has 0 saturated carbocycles. The highest BCUT2D eigenvalue weighted by Gasteiger charge is 2.05. The SMILES string of the molecule is CSc1nc(N)nc(Cc2cccs2)n1. The largest absolute Gasteiger partial charge is 0.368 e. The highest BCUT2D eigenvalue weighted by atomic mass is 32.2. The highest BCUT2D eigenvalue weighted by Crippen LogP contribution is 2.15. The van der Waals surface area contributed by atoms with Crippen LogP contribution < -0.4 is 5.73 Å². The van der Waals surface area contributed by atoms with E-state index in [9.17, 15) is 0 Å². The van der Waals surface area contributed by atoms with Gasteiger partial charge in [0, 0.05) is 11.3 Å². The third-order valence-electron chi connectivity index (χ3n) is 1.77. The Balaban J connectivity index is 2.24. The predicted octanol–water partition coefficient (Wildman–Crippen LogP) is 1.83. The van der Waals surface area contributed by atoms with Crippen molar-refractivity contribution in [3.8, 4) is 0 Å². The summed E-state index contributed by atoms with van der Waals surface area (Å²) in [5.74, 6) is 1.02. The second-order valence-corrected chi connectivity index (χ2v) is 4.66. The molecule has 0 spiro atoms. The zero-order chi connectivity index (χ0) is 10.7. The highest BCUT2D eigenvalue weighted by molar-refractivity contribution is 7.98. The van der Waals surface area contributed by atoms with E-state index in [-0.39, 0.29) is 0 Å². The molecule has 0 aliphatic heterocycles. The molecule has 0 amide bonds. The molecule has 0 aromatic carbocycles. The zero-order valence-corrected chi connectivity index (χ0v) is 9.81. The molecule has 6 heteroatoms. The lowest BCUT2D eigenvalue weighted by atomic mass is 10.3. The minimum atomic E-state index is 0.293. The second kappa shape index (κ2) is 4.59. The van der Waals surface area contributed by atoms with Crippen molar-refractivity contribution >= 4 is 29.0 Å². The Kier molecular flexibility index (Phi) is 3.17. The number of thiophene rings is 1. The summed E-state index contributed by atoms with van der Waals surface area (Å²) in [5, 5.41) is 2.71. The Morgan fingerprint density at radius 3 is 2.93 bits per heavy atom. The van der Waals surface area contributed by atoms with Crippen molar-refractivity contribution in [2.45, 2.75) is 11.6 Å². The van der Waals surface area contributed by atoms with E-state index >= 15 is 0 Å². The molecule has 0 radical (unpaired) electrons. The van der Waals surface area contributed by atoms with E-state index < -0.39 is 0 Å². The zero-order valence-electron chi connectivity index (χ0n) is 8.17. The Hall–Kier alpha value is -1.14. The molecule has 0 atom stereocenters. The topological polar surface area (TPSA) is 64.7 Å². The quantitative estimate of drug-likeness (QED) is 0.826. The number of anilines is 1. The van der Waals surface area contributed by atoms with Crippen LogP contribution in [0.3, 0.4) is 0 Å². The van der Waals surface area contributed by atoms with Gasteiger partial charge in [-0.05, 0) is 17.7 Å². The van der Waals surface area contributed by atoms with Gasteiger partial charge in [-0.2, -0.15) is 9.97 Å². The van der Waals surface area contributed by atoms with Gasteiger partial charge in [-0.15, -0.1) is 11.3 Å². The van der Waals surface area contributed by atoms with Gasteiger partial charge in [0.1, 0.15) is 5.82 Å². The lowest BCUT2D eigenvalue weighted by Gasteiger charge is -2.01. The number of nitrogens with zero attached hydrogens (tertiary/aromatic N) is 3. The summed E-state index contributed by atoms with van der Waals surface area (Å²) in [7, 11) is 0. The van der Waals surface area contributed by atoms with E-state index in [0.717, 1.165) is 12.2 Å².